The van der Waals surface area contributed by atoms with Crippen LogP contribution in [-0.2, 0) is 11.2 Å². The molecule has 2 aromatic rings. The fourth-order valence-corrected chi connectivity index (χ4v) is 2.20. The van der Waals surface area contributed by atoms with Gasteiger partial charge in [-0.1, -0.05) is 35.9 Å². The molecule has 0 saturated carbocycles. The molecule has 1 N–H and O–H groups in total. The molecule has 116 valence electrons. The second kappa shape index (κ2) is 7.85. The minimum absolute atomic E-state index is 0.115. The molecule has 0 radical (unpaired) electrons. The summed E-state index contributed by atoms with van der Waals surface area (Å²) in [6.07, 6.45) is 0.243. The third-order valence-electron chi connectivity index (χ3n) is 3.30. The van der Waals surface area contributed by atoms with E-state index < -0.39 is 6.10 Å². The van der Waals surface area contributed by atoms with Crippen molar-refractivity contribution in [2.24, 2.45) is 0 Å². The van der Waals surface area contributed by atoms with Gasteiger partial charge in [-0.15, -0.1) is 0 Å². The lowest BCUT2D eigenvalue weighted by molar-refractivity contribution is -0.127. The molecule has 1 amide bonds. The number of carbonyl (C=O) groups excluding carboxylic acids is 1. The van der Waals surface area contributed by atoms with E-state index in [1.165, 1.54) is 0 Å². The monoisotopic (exact) mass is 317 g/mol. The number of benzene rings is 2. The summed E-state index contributed by atoms with van der Waals surface area (Å²) in [6, 6.07) is 15.3. The van der Waals surface area contributed by atoms with E-state index in [1.807, 2.05) is 55.5 Å². The molecule has 22 heavy (non-hydrogen) atoms. The van der Waals surface area contributed by atoms with Crippen LogP contribution in [-0.4, -0.2) is 18.6 Å². The SMILES string of the molecule is Cc1cccc(OC(C)C(=O)NCCc2ccc(Cl)cc2)c1. The van der Waals surface area contributed by atoms with Crippen molar-refractivity contribution in [2.75, 3.05) is 6.54 Å². The zero-order chi connectivity index (χ0) is 15.9. The molecule has 4 heteroatoms. The summed E-state index contributed by atoms with van der Waals surface area (Å²) >= 11 is 5.84. The molecule has 0 aliphatic rings. The second-order valence-electron chi connectivity index (χ2n) is 5.24. The van der Waals surface area contributed by atoms with Gasteiger partial charge in [0.1, 0.15) is 5.75 Å². The fraction of sp³-hybridized carbons (Fsp3) is 0.278. The predicted octanol–water partition coefficient (Wildman–Crippen LogP) is 3.77. The first kappa shape index (κ1) is 16.4. The second-order valence-corrected chi connectivity index (χ2v) is 5.68. The van der Waals surface area contributed by atoms with Crippen molar-refractivity contribution in [2.45, 2.75) is 26.4 Å². The van der Waals surface area contributed by atoms with Crippen LogP contribution in [0.3, 0.4) is 0 Å². The van der Waals surface area contributed by atoms with Crippen LogP contribution in [0.15, 0.2) is 48.5 Å². The zero-order valence-electron chi connectivity index (χ0n) is 12.8. The first-order valence-corrected chi connectivity index (χ1v) is 7.68. The molecular weight excluding hydrogens is 298 g/mol. The molecule has 1 unspecified atom stereocenters. The average Bonchev–Trinajstić information content (AvgIpc) is 2.49. The summed E-state index contributed by atoms with van der Waals surface area (Å²) in [7, 11) is 0. The third kappa shape index (κ3) is 5.08. The van der Waals surface area contributed by atoms with Gasteiger partial charge in [-0.3, -0.25) is 4.79 Å². The Labute approximate surface area is 136 Å². The summed E-state index contributed by atoms with van der Waals surface area (Å²) in [6.45, 7) is 4.31. The van der Waals surface area contributed by atoms with Crippen molar-refractivity contribution in [3.8, 4) is 5.75 Å². The van der Waals surface area contributed by atoms with Crippen LogP contribution in [0.1, 0.15) is 18.1 Å². The Hall–Kier alpha value is -2.00. The molecule has 0 bridgehead atoms. The predicted molar refractivity (Wildman–Crippen MR) is 89.4 cm³/mol. The van der Waals surface area contributed by atoms with Crippen LogP contribution < -0.4 is 10.1 Å². The molecule has 0 aliphatic heterocycles. The molecule has 0 aromatic heterocycles. The maximum absolute atomic E-state index is 12.0. The minimum Gasteiger partial charge on any atom is -0.481 e. The lowest BCUT2D eigenvalue weighted by Gasteiger charge is -2.15. The van der Waals surface area contributed by atoms with Gasteiger partial charge in [0.05, 0.1) is 0 Å². The summed E-state index contributed by atoms with van der Waals surface area (Å²) in [4.78, 5) is 12.0. The Morgan fingerprint density at radius 3 is 2.64 bits per heavy atom. The van der Waals surface area contributed by atoms with Gasteiger partial charge < -0.3 is 10.1 Å². The van der Waals surface area contributed by atoms with E-state index in [0.717, 1.165) is 17.5 Å². The topological polar surface area (TPSA) is 38.3 Å². The highest BCUT2D eigenvalue weighted by molar-refractivity contribution is 6.30. The van der Waals surface area contributed by atoms with E-state index in [4.69, 9.17) is 16.3 Å². The standard InChI is InChI=1S/C18H20ClNO2/c1-13-4-3-5-17(12-13)22-14(2)18(21)20-11-10-15-6-8-16(19)9-7-15/h3-9,12,14H,10-11H2,1-2H3,(H,20,21). The molecule has 0 aliphatic carbocycles. The lowest BCUT2D eigenvalue weighted by Crippen LogP contribution is -2.37. The van der Waals surface area contributed by atoms with Crippen molar-refractivity contribution >= 4 is 17.5 Å². The van der Waals surface area contributed by atoms with Gasteiger partial charge in [0.25, 0.3) is 5.91 Å². The highest BCUT2D eigenvalue weighted by Crippen LogP contribution is 2.14. The van der Waals surface area contributed by atoms with E-state index in [9.17, 15) is 4.79 Å². The van der Waals surface area contributed by atoms with Crippen molar-refractivity contribution < 1.29 is 9.53 Å². The highest BCUT2D eigenvalue weighted by Gasteiger charge is 2.13. The number of carbonyl (C=O) groups is 1. The van der Waals surface area contributed by atoms with E-state index >= 15 is 0 Å². The largest absolute Gasteiger partial charge is 0.481 e. The quantitative estimate of drug-likeness (QED) is 0.880. The van der Waals surface area contributed by atoms with Crippen LogP contribution >= 0.6 is 11.6 Å². The summed E-state index contributed by atoms with van der Waals surface area (Å²) in [5.41, 5.74) is 2.24. The van der Waals surface area contributed by atoms with Gasteiger partial charge in [-0.25, -0.2) is 0 Å². The van der Waals surface area contributed by atoms with Crippen LogP contribution in [0, 0.1) is 6.92 Å². The van der Waals surface area contributed by atoms with E-state index in [-0.39, 0.29) is 5.91 Å². The van der Waals surface area contributed by atoms with E-state index in [2.05, 4.69) is 5.32 Å². The molecule has 0 heterocycles. The Balaban J connectivity index is 1.77. The van der Waals surface area contributed by atoms with Crippen LogP contribution in [0.5, 0.6) is 5.75 Å². The third-order valence-corrected chi connectivity index (χ3v) is 3.55. The fourth-order valence-electron chi connectivity index (χ4n) is 2.07. The number of halogens is 1. The number of nitrogens with one attached hydrogen (secondary N) is 1. The molecule has 0 spiro atoms. The molecule has 0 fully saturated rings. The number of amides is 1. The Kier molecular flexibility index (Phi) is 5.84. The maximum Gasteiger partial charge on any atom is 0.260 e. The van der Waals surface area contributed by atoms with Gasteiger partial charge in [0, 0.05) is 11.6 Å². The van der Waals surface area contributed by atoms with Crippen molar-refractivity contribution in [3.05, 3.63) is 64.7 Å². The van der Waals surface area contributed by atoms with Gasteiger partial charge >= 0.3 is 0 Å². The smallest absolute Gasteiger partial charge is 0.260 e. The van der Waals surface area contributed by atoms with Gasteiger partial charge in [-0.2, -0.15) is 0 Å². The summed E-state index contributed by atoms with van der Waals surface area (Å²) in [5.74, 6) is 0.593. The Morgan fingerprint density at radius 2 is 1.95 bits per heavy atom. The number of hydrogen-bond acceptors (Lipinski definition) is 2. The van der Waals surface area contributed by atoms with Crippen LogP contribution in [0.25, 0.3) is 0 Å². The Morgan fingerprint density at radius 1 is 1.23 bits per heavy atom. The van der Waals surface area contributed by atoms with E-state index in [1.54, 1.807) is 6.92 Å². The van der Waals surface area contributed by atoms with Crippen LogP contribution in [0.4, 0.5) is 0 Å². The van der Waals surface area contributed by atoms with Crippen LogP contribution in [0.2, 0.25) is 5.02 Å². The first-order valence-electron chi connectivity index (χ1n) is 7.30. The molecule has 0 saturated heterocycles. The number of hydrogen-bond donors (Lipinski definition) is 1. The van der Waals surface area contributed by atoms with E-state index in [0.29, 0.717) is 17.3 Å². The number of aryl methyl sites for hydroxylation is 1. The molecule has 1 atom stereocenters. The van der Waals surface area contributed by atoms with Gasteiger partial charge in [0.15, 0.2) is 6.10 Å². The molecule has 2 aromatic carbocycles. The summed E-state index contributed by atoms with van der Waals surface area (Å²) < 4.78 is 5.65. The normalized spacial score (nSPS) is 11.8. The number of ether oxygens (including phenoxy) is 1. The van der Waals surface area contributed by atoms with Crippen molar-refractivity contribution in [3.63, 3.8) is 0 Å². The highest BCUT2D eigenvalue weighted by atomic mass is 35.5. The zero-order valence-corrected chi connectivity index (χ0v) is 13.6. The molecular formula is C18H20ClNO2. The molecule has 2 rings (SSSR count). The van der Waals surface area contributed by atoms with Crippen molar-refractivity contribution in [1.29, 1.82) is 0 Å². The minimum atomic E-state index is -0.521. The Bertz CT molecular complexity index is 625. The van der Waals surface area contributed by atoms with Crippen molar-refractivity contribution in [1.82, 2.24) is 5.32 Å². The van der Waals surface area contributed by atoms with Gasteiger partial charge in [-0.05, 0) is 55.7 Å². The summed E-state index contributed by atoms with van der Waals surface area (Å²) in [5, 5.41) is 3.60. The average molecular weight is 318 g/mol. The lowest BCUT2D eigenvalue weighted by atomic mass is 10.1. The van der Waals surface area contributed by atoms with Gasteiger partial charge in [0.2, 0.25) is 0 Å². The number of rotatable bonds is 6. The molecule has 3 nitrogen and oxygen atoms in total. The maximum atomic E-state index is 12.0. The first-order chi connectivity index (χ1) is 10.5.